The van der Waals surface area contributed by atoms with Crippen molar-refractivity contribution in [2.45, 2.75) is 33.3 Å². The van der Waals surface area contributed by atoms with E-state index >= 15 is 0 Å². The highest BCUT2D eigenvalue weighted by Gasteiger charge is 2.23. The van der Waals surface area contributed by atoms with Crippen LogP contribution in [-0.2, 0) is 4.74 Å². The van der Waals surface area contributed by atoms with Gasteiger partial charge in [-0.1, -0.05) is 0 Å². The Hall–Kier alpha value is -1.75. The van der Waals surface area contributed by atoms with E-state index in [0.29, 0.717) is 10.6 Å². The molecule has 102 valence electrons. The lowest BCUT2D eigenvalue weighted by Crippen LogP contribution is -2.23. The fourth-order valence-corrected chi connectivity index (χ4v) is 2.69. The zero-order valence-corrected chi connectivity index (χ0v) is 12.3. The van der Waals surface area contributed by atoms with E-state index in [1.807, 2.05) is 33.8 Å². The Labute approximate surface area is 116 Å². The molecule has 2 rings (SSSR count). The molecule has 0 bridgehead atoms. The van der Waals surface area contributed by atoms with E-state index in [2.05, 4.69) is 0 Å². The van der Waals surface area contributed by atoms with E-state index in [0.717, 1.165) is 16.2 Å². The summed E-state index contributed by atoms with van der Waals surface area (Å²) in [6.45, 7) is 7.36. The minimum atomic E-state index is -0.529. The number of anilines is 1. The Morgan fingerprint density at radius 2 is 2.11 bits per heavy atom. The lowest BCUT2D eigenvalue weighted by Gasteiger charge is -2.18. The van der Waals surface area contributed by atoms with Gasteiger partial charge in [0.2, 0.25) is 0 Å². The number of ether oxygens (including phenoxy) is 1. The highest BCUT2D eigenvalue weighted by atomic mass is 32.1. The molecular formula is C14H17NO3S. The second kappa shape index (κ2) is 4.74. The van der Waals surface area contributed by atoms with Crippen molar-refractivity contribution in [3.63, 3.8) is 0 Å². The van der Waals surface area contributed by atoms with E-state index in [1.54, 1.807) is 12.3 Å². The third-order valence-corrected chi connectivity index (χ3v) is 3.63. The monoisotopic (exact) mass is 279 g/mol. The Morgan fingerprint density at radius 1 is 1.42 bits per heavy atom. The quantitative estimate of drug-likeness (QED) is 0.848. The Kier molecular flexibility index (Phi) is 3.41. The summed E-state index contributed by atoms with van der Waals surface area (Å²) >= 11 is 1.32. The van der Waals surface area contributed by atoms with Crippen molar-refractivity contribution in [1.82, 2.24) is 0 Å². The number of carbonyl (C=O) groups is 1. The Balaban J connectivity index is 2.32. The first-order chi connectivity index (χ1) is 8.78. The third-order valence-electron chi connectivity index (χ3n) is 2.47. The molecule has 19 heavy (non-hydrogen) atoms. The second-order valence-electron chi connectivity index (χ2n) is 5.29. The van der Waals surface area contributed by atoms with Gasteiger partial charge in [0, 0.05) is 10.4 Å². The molecule has 0 aromatic carbocycles. The topological polar surface area (TPSA) is 65.5 Å². The van der Waals surface area contributed by atoms with E-state index in [9.17, 15) is 4.79 Å². The number of nitrogen functional groups attached to an aromatic ring is 1. The summed E-state index contributed by atoms with van der Waals surface area (Å²) < 4.78 is 10.6. The molecular weight excluding hydrogens is 262 g/mol. The number of carbonyl (C=O) groups excluding carboxylic acids is 1. The van der Waals surface area contributed by atoms with Crippen LogP contribution in [0.5, 0.6) is 0 Å². The first-order valence-corrected chi connectivity index (χ1v) is 6.76. The summed E-state index contributed by atoms with van der Waals surface area (Å²) in [5.41, 5.74) is 6.76. The van der Waals surface area contributed by atoms with Crippen molar-refractivity contribution in [3.8, 4) is 10.4 Å². The lowest BCUT2D eigenvalue weighted by atomic mass is 10.2. The number of nitrogens with two attached hydrogens (primary N) is 1. The molecule has 5 heteroatoms. The van der Waals surface area contributed by atoms with Crippen LogP contribution in [0.25, 0.3) is 10.4 Å². The van der Waals surface area contributed by atoms with E-state index in [1.165, 1.54) is 11.3 Å². The molecule has 0 aliphatic carbocycles. The van der Waals surface area contributed by atoms with Crippen molar-refractivity contribution in [2.24, 2.45) is 0 Å². The fraction of sp³-hybridized carbons (Fsp3) is 0.357. The van der Waals surface area contributed by atoms with E-state index in [-0.39, 0.29) is 5.97 Å². The van der Waals surface area contributed by atoms with Gasteiger partial charge in [-0.2, -0.15) is 0 Å². The largest absolute Gasteiger partial charge is 0.469 e. The molecule has 0 unspecified atom stereocenters. The molecule has 0 aliphatic heterocycles. The molecule has 2 N–H and O–H groups in total. The van der Waals surface area contributed by atoms with Crippen LogP contribution in [-0.4, -0.2) is 11.6 Å². The van der Waals surface area contributed by atoms with Gasteiger partial charge in [0.05, 0.1) is 12.0 Å². The molecule has 2 aromatic heterocycles. The average Bonchev–Trinajstić information content (AvgIpc) is 2.81. The number of hydrogen-bond acceptors (Lipinski definition) is 5. The number of thiophene rings is 1. The molecule has 0 amide bonds. The zero-order chi connectivity index (χ0) is 14.2. The summed E-state index contributed by atoms with van der Waals surface area (Å²) in [6, 6.07) is 3.64. The lowest BCUT2D eigenvalue weighted by molar-refractivity contribution is 0.00764. The predicted octanol–water partition coefficient (Wildman–Crippen LogP) is 3.85. The van der Waals surface area contributed by atoms with Crippen LogP contribution in [0.4, 0.5) is 5.69 Å². The normalized spacial score (nSPS) is 11.6. The van der Waals surface area contributed by atoms with Crippen LogP contribution in [0.3, 0.4) is 0 Å². The highest BCUT2D eigenvalue weighted by Crippen LogP contribution is 2.36. The van der Waals surface area contributed by atoms with Crippen molar-refractivity contribution >= 4 is 23.0 Å². The van der Waals surface area contributed by atoms with Crippen molar-refractivity contribution in [3.05, 3.63) is 29.0 Å². The molecule has 0 saturated carbocycles. The maximum absolute atomic E-state index is 12.0. The molecule has 4 nitrogen and oxygen atoms in total. The molecule has 0 aliphatic rings. The maximum atomic E-state index is 12.0. The zero-order valence-electron chi connectivity index (χ0n) is 11.4. The summed E-state index contributed by atoms with van der Waals surface area (Å²) in [5, 5.41) is 0. The molecule has 2 heterocycles. The van der Waals surface area contributed by atoms with E-state index in [4.69, 9.17) is 14.9 Å². The number of furan rings is 1. The highest BCUT2D eigenvalue weighted by molar-refractivity contribution is 7.18. The standard InChI is InChI=1S/C14H17NO3S/c1-8-9(5-6-17-8)11-7-10(15)12(19-11)13(16)18-14(2,3)4/h5-7H,15H2,1-4H3. The van der Waals surface area contributed by atoms with Gasteiger partial charge in [0.1, 0.15) is 16.2 Å². The smallest absolute Gasteiger partial charge is 0.350 e. The van der Waals surface area contributed by atoms with Crippen LogP contribution in [0, 0.1) is 6.92 Å². The van der Waals surface area contributed by atoms with Gasteiger partial charge >= 0.3 is 5.97 Å². The Morgan fingerprint density at radius 3 is 2.63 bits per heavy atom. The SMILES string of the molecule is Cc1occc1-c1cc(N)c(C(=O)OC(C)(C)C)s1. The molecule has 0 spiro atoms. The van der Waals surface area contributed by atoms with Crippen LogP contribution in [0.15, 0.2) is 22.8 Å². The van der Waals surface area contributed by atoms with Crippen LogP contribution in [0.2, 0.25) is 0 Å². The van der Waals surface area contributed by atoms with Gasteiger partial charge in [0.25, 0.3) is 0 Å². The van der Waals surface area contributed by atoms with Crippen LogP contribution in [0.1, 0.15) is 36.2 Å². The fourth-order valence-electron chi connectivity index (χ4n) is 1.66. The van der Waals surface area contributed by atoms with Gasteiger partial charge in [-0.15, -0.1) is 11.3 Å². The van der Waals surface area contributed by atoms with E-state index < -0.39 is 5.60 Å². The number of rotatable bonds is 2. The predicted molar refractivity (Wildman–Crippen MR) is 76.3 cm³/mol. The molecule has 2 aromatic rings. The maximum Gasteiger partial charge on any atom is 0.350 e. The summed E-state index contributed by atoms with van der Waals surface area (Å²) in [5.74, 6) is 0.416. The number of esters is 1. The second-order valence-corrected chi connectivity index (χ2v) is 6.34. The number of aryl methyl sites for hydroxylation is 1. The molecule has 0 atom stereocenters. The Bertz CT molecular complexity index is 604. The minimum Gasteiger partial charge on any atom is -0.469 e. The van der Waals surface area contributed by atoms with Gasteiger partial charge in [0.15, 0.2) is 0 Å². The van der Waals surface area contributed by atoms with Gasteiger partial charge in [-0.3, -0.25) is 0 Å². The number of hydrogen-bond donors (Lipinski definition) is 1. The summed E-state index contributed by atoms with van der Waals surface area (Å²) in [4.78, 5) is 13.4. The molecule has 0 radical (unpaired) electrons. The molecule has 0 fully saturated rings. The third kappa shape index (κ3) is 2.98. The first kappa shape index (κ1) is 13.7. The first-order valence-electron chi connectivity index (χ1n) is 5.95. The van der Waals surface area contributed by atoms with Crippen LogP contribution < -0.4 is 5.73 Å². The summed E-state index contributed by atoms with van der Waals surface area (Å²) in [7, 11) is 0. The molecule has 0 saturated heterocycles. The van der Waals surface area contributed by atoms with Crippen LogP contribution >= 0.6 is 11.3 Å². The van der Waals surface area contributed by atoms with Gasteiger partial charge < -0.3 is 14.9 Å². The average molecular weight is 279 g/mol. The van der Waals surface area contributed by atoms with Crippen molar-refractivity contribution in [1.29, 1.82) is 0 Å². The summed E-state index contributed by atoms with van der Waals surface area (Å²) in [6.07, 6.45) is 1.62. The van der Waals surface area contributed by atoms with Crippen molar-refractivity contribution < 1.29 is 13.9 Å². The van der Waals surface area contributed by atoms with Gasteiger partial charge in [-0.25, -0.2) is 4.79 Å². The van der Waals surface area contributed by atoms with Crippen molar-refractivity contribution in [2.75, 3.05) is 5.73 Å². The van der Waals surface area contributed by atoms with Gasteiger partial charge in [-0.05, 0) is 39.8 Å². The minimum absolute atomic E-state index is 0.387.